The van der Waals surface area contributed by atoms with E-state index in [-0.39, 0.29) is 17.6 Å². The highest BCUT2D eigenvalue weighted by atomic mass is 32.2. The summed E-state index contributed by atoms with van der Waals surface area (Å²) in [5.74, 6) is 1.08. The summed E-state index contributed by atoms with van der Waals surface area (Å²) in [6.45, 7) is 8.18. The van der Waals surface area contributed by atoms with Gasteiger partial charge in [0.05, 0.1) is 18.9 Å². The van der Waals surface area contributed by atoms with Crippen molar-refractivity contribution < 1.29 is 14.3 Å². The largest absolute Gasteiger partial charge is 0.497 e. The van der Waals surface area contributed by atoms with Crippen molar-refractivity contribution in [2.75, 3.05) is 18.2 Å². The second-order valence-corrected chi connectivity index (χ2v) is 8.49. The maximum atomic E-state index is 12.6. The van der Waals surface area contributed by atoms with Crippen LogP contribution < -0.4 is 15.4 Å². The van der Waals surface area contributed by atoms with Gasteiger partial charge in [-0.15, -0.1) is 16.8 Å². The van der Waals surface area contributed by atoms with Gasteiger partial charge in [-0.05, 0) is 55.3 Å². The second kappa shape index (κ2) is 12.0. The normalized spacial score (nSPS) is 11.5. The Labute approximate surface area is 203 Å². The molecule has 3 aromatic rings. The molecule has 34 heavy (non-hydrogen) atoms. The zero-order chi connectivity index (χ0) is 24.5. The van der Waals surface area contributed by atoms with Crippen LogP contribution in [0.5, 0.6) is 5.75 Å². The molecule has 1 atom stereocenters. The van der Waals surface area contributed by atoms with Gasteiger partial charge in [0.2, 0.25) is 5.91 Å². The van der Waals surface area contributed by atoms with Crippen molar-refractivity contribution in [3.8, 4) is 5.75 Å². The lowest BCUT2D eigenvalue weighted by Crippen LogP contribution is -2.28. The van der Waals surface area contributed by atoms with E-state index in [1.54, 1.807) is 37.5 Å². The van der Waals surface area contributed by atoms with Crippen molar-refractivity contribution in [2.45, 2.75) is 38.0 Å². The van der Waals surface area contributed by atoms with Crippen LogP contribution >= 0.6 is 11.8 Å². The molecule has 0 unspecified atom stereocenters. The molecule has 0 bridgehead atoms. The fraction of sp³-hybridized carbons (Fsp3) is 0.280. The molecular weight excluding hydrogens is 450 g/mol. The number of anilines is 1. The van der Waals surface area contributed by atoms with Gasteiger partial charge in [-0.2, -0.15) is 0 Å². The number of allylic oxidation sites excluding steroid dienone is 1. The van der Waals surface area contributed by atoms with Crippen molar-refractivity contribution in [1.82, 2.24) is 20.1 Å². The Hall–Kier alpha value is -3.59. The maximum absolute atomic E-state index is 12.6. The first-order valence-electron chi connectivity index (χ1n) is 11.0. The smallest absolute Gasteiger partial charge is 0.251 e. The minimum Gasteiger partial charge on any atom is -0.497 e. The Morgan fingerprint density at radius 2 is 1.85 bits per heavy atom. The summed E-state index contributed by atoms with van der Waals surface area (Å²) in [6, 6.07) is 14.3. The number of carbonyl (C=O) groups is 2. The number of nitrogens with zero attached hydrogens (tertiary/aromatic N) is 3. The summed E-state index contributed by atoms with van der Waals surface area (Å²) in [7, 11) is 1.58. The van der Waals surface area contributed by atoms with E-state index in [1.165, 1.54) is 17.3 Å². The zero-order valence-electron chi connectivity index (χ0n) is 19.6. The first-order valence-corrected chi connectivity index (χ1v) is 11.9. The fourth-order valence-corrected chi connectivity index (χ4v) is 4.02. The van der Waals surface area contributed by atoms with Gasteiger partial charge in [-0.3, -0.25) is 9.59 Å². The van der Waals surface area contributed by atoms with E-state index in [1.807, 2.05) is 35.8 Å². The van der Waals surface area contributed by atoms with Crippen molar-refractivity contribution in [2.24, 2.45) is 0 Å². The first kappa shape index (κ1) is 25.0. The molecular formula is C25H29N5O3S. The fourth-order valence-electron chi connectivity index (χ4n) is 3.27. The predicted octanol–water partition coefficient (Wildman–Crippen LogP) is 4.26. The SMILES string of the molecule is C=CCn1c(SCC(=O)Nc2ccc(CC)cc2)nnc1[C@H](C)NC(=O)c1ccc(OC)cc1. The number of nitrogens with one attached hydrogen (secondary N) is 2. The van der Waals surface area contributed by atoms with Crippen LogP contribution in [0.4, 0.5) is 5.69 Å². The average Bonchev–Trinajstić information content (AvgIpc) is 3.26. The van der Waals surface area contributed by atoms with E-state index < -0.39 is 6.04 Å². The number of aryl methyl sites for hydroxylation is 1. The Bertz CT molecular complexity index is 1130. The van der Waals surface area contributed by atoms with E-state index in [2.05, 4.69) is 34.3 Å². The Balaban J connectivity index is 1.63. The summed E-state index contributed by atoms with van der Waals surface area (Å²) in [5, 5.41) is 14.9. The Kier molecular flexibility index (Phi) is 8.86. The molecule has 2 aromatic carbocycles. The second-order valence-electron chi connectivity index (χ2n) is 7.55. The molecule has 0 saturated heterocycles. The molecule has 9 heteroatoms. The number of aromatic nitrogens is 3. The van der Waals surface area contributed by atoms with Crippen LogP contribution in [-0.2, 0) is 17.8 Å². The summed E-state index contributed by atoms with van der Waals surface area (Å²) in [4.78, 5) is 25.1. The summed E-state index contributed by atoms with van der Waals surface area (Å²) in [5.41, 5.74) is 2.48. The maximum Gasteiger partial charge on any atom is 0.251 e. The van der Waals surface area contributed by atoms with E-state index >= 15 is 0 Å². The number of amides is 2. The Morgan fingerprint density at radius 3 is 2.47 bits per heavy atom. The number of ether oxygens (including phenoxy) is 1. The zero-order valence-corrected chi connectivity index (χ0v) is 20.4. The minimum absolute atomic E-state index is 0.134. The molecule has 1 heterocycles. The topological polar surface area (TPSA) is 98.1 Å². The molecule has 0 aliphatic carbocycles. The average molecular weight is 480 g/mol. The van der Waals surface area contributed by atoms with E-state index in [0.29, 0.717) is 28.8 Å². The van der Waals surface area contributed by atoms with Crippen LogP contribution in [0.25, 0.3) is 0 Å². The van der Waals surface area contributed by atoms with Crippen LogP contribution in [0, 0.1) is 0 Å². The number of rotatable bonds is 11. The van der Waals surface area contributed by atoms with Crippen LogP contribution in [0.2, 0.25) is 0 Å². The van der Waals surface area contributed by atoms with Crippen LogP contribution in [0.3, 0.4) is 0 Å². The predicted molar refractivity (Wildman–Crippen MR) is 134 cm³/mol. The lowest BCUT2D eigenvalue weighted by atomic mass is 10.1. The van der Waals surface area contributed by atoms with E-state index in [0.717, 1.165) is 12.1 Å². The molecule has 0 saturated carbocycles. The van der Waals surface area contributed by atoms with Crippen molar-refractivity contribution in [3.63, 3.8) is 0 Å². The molecule has 0 aliphatic heterocycles. The Morgan fingerprint density at radius 1 is 1.15 bits per heavy atom. The standard InChI is InChI=1S/C25H29N5O3S/c1-5-15-30-23(17(3)26-24(32)19-9-13-21(33-4)14-10-19)28-29-25(30)34-16-22(31)27-20-11-7-18(6-2)8-12-20/h5,7-14,17H,1,6,15-16H2,2-4H3,(H,26,32)(H,27,31)/t17-/m0/s1. The molecule has 8 nitrogen and oxygen atoms in total. The third-order valence-corrected chi connectivity index (χ3v) is 6.09. The minimum atomic E-state index is -0.401. The highest BCUT2D eigenvalue weighted by molar-refractivity contribution is 7.99. The number of hydrogen-bond donors (Lipinski definition) is 2. The summed E-state index contributed by atoms with van der Waals surface area (Å²) in [6.07, 6.45) is 2.68. The third kappa shape index (κ3) is 6.48. The quantitative estimate of drug-likeness (QED) is 0.315. The molecule has 1 aromatic heterocycles. The molecule has 0 spiro atoms. The van der Waals surface area contributed by atoms with Gasteiger partial charge in [0.1, 0.15) is 5.75 Å². The lowest BCUT2D eigenvalue weighted by Gasteiger charge is -2.15. The number of carbonyl (C=O) groups excluding carboxylic acids is 2. The van der Waals surface area contributed by atoms with Crippen LogP contribution in [0.1, 0.15) is 41.6 Å². The van der Waals surface area contributed by atoms with Gasteiger partial charge < -0.3 is 19.9 Å². The molecule has 2 N–H and O–H groups in total. The van der Waals surface area contributed by atoms with Gasteiger partial charge in [0.25, 0.3) is 5.91 Å². The number of methoxy groups -OCH3 is 1. The lowest BCUT2D eigenvalue weighted by molar-refractivity contribution is -0.113. The monoisotopic (exact) mass is 479 g/mol. The number of thioether (sulfide) groups is 1. The highest BCUT2D eigenvalue weighted by Crippen LogP contribution is 2.22. The van der Waals surface area contributed by atoms with Crippen molar-refractivity contribution in [3.05, 3.63) is 78.1 Å². The van der Waals surface area contributed by atoms with Crippen LogP contribution in [0.15, 0.2) is 66.3 Å². The highest BCUT2D eigenvalue weighted by Gasteiger charge is 2.20. The molecule has 178 valence electrons. The molecule has 2 amide bonds. The molecule has 0 radical (unpaired) electrons. The molecule has 3 rings (SSSR count). The van der Waals surface area contributed by atoms with Crippen LogP contribution in [-0.4, -0.2) is 39.4 Å². The van der Waals surface area contributed by atoms with Gasteiger partial charge in [-0.25, -0.2) is 0 Å². The van der Waals surface area contributed by atoms with Gasteiger partial charge in [0, 0.05) is 17.8 Å². The molecule has 0 fully saturated rings. The van der Waals surface area contributed by atoms with Gasteiger partial charge in [0.15, 0.2) is 11.0 Å². The van der Waals surface area contributed by atoms with E-state index in [4.69, 9.17) is 4.74 Å². The third-order valence-electron chi connectivity index (χ3n) is 5.12. The number of benzene rings is 2. The first-order chi connectivity index (χ1) is 16.4. The van der Waals surface area contributed by atoms with Crippen molar-refractivity contribution in [1.29, 1.82) is 0 Å². The van der Waals surface area contributed by atoms with Gasteiger partial charge >= 0.3 is 0 Å². The summed E-state index contributed by atoms with van der Waals surface area (Å²) >= 11 is 1.28. The molecule has 0 aliphatic rings. The van der Waals surface area contributed by atoms with Gasteiger partial charge in [-0.1, -0.05) is 36.9 Å². The number of hydrogen-bond acceptors (Lipinski definition) is 6. The van der Waals surface area contributed by atoms with E-state index in [9.17, 15) is 9.59 Å². The summed E-state index contributed by atoms with van der Waals surface area (Å²) < 4.78 is 6.98. The van der Waals surface area contributed by atoms with Crippen molar-refractivity contribution >= 4 is 29.3 Å².